The van der Waals surface area contributed by atoms with E-state index in [4.69, 9.17) is 21.7 Å². The number of benzene rings is 2. The molecule has 0 spiro atoms. The molecule has 164 valence electrons. The van der Waals surface area contributed by atoms with E-state index in [1.807, 2.05) is 79.2 Å². The molecule has 0 aliphatic carbocycles. The summed E-state index contributed by atoms with van der Waals surface area (Å²) in [7, 11) is 0. The monoisotopic (exact) mass is 447 g/mol. The van der Waals surface area contributed by atoms with Gasteiger partial charge in [-0.25, -0.2) is 9.97 Å². The Kier molecular flexibility index (Phi) is 6.81. The molecule has 4 rings (SSSR count). The van der Waals surface area contributed by atoms with Crippen LogP contribution in [0.3, 0.4) is 0 Å². The van der Waals surface area contributed by atoms with Crippen LogP contribution in [0, 0.1) is 0 Å². The van der Waals surface area contributed by atoms with E-state index < -0.39 is 0 Å². The van der Waals surface area contributed by atoms with Crippen molar-refractivity contribution in [2.45, 2.75) is 20.4 Å². The number of nitrogens with zero attached hydrogens (tertiary/aromatic N) is 3. The fourth-order valence-electron chi connectivity index (χ4n) is 3.30. The number of thiocarbonyl (C=S) groups is 1. The first-order valence-electron chi connectivity index (χ1n) is 10.5. The lowest BCUT2D eigenvalue weighted by molar-refractivity contribution is 0.332. The summed E-state index contributed by atoms with van der Waals surface area (Å²) in [5.41, 5.74) is 3.73. The molecule has 0 bridgehead atoms. The number of anilines is 1. The fourth-order valence-corrected chi connectivity index (χ4v) is 3.48. The molecule has 2 N–H and O–H groups in total. The van der Waals surface area contributed by atoms with Gasteiger partial charge < -0.3 is 20.1 Å². The lowest BCUT2D eigenvalue weighted by atomic mass is 10.2. The quantitative estimate of drug-likeness (QED) is 0.379. The third-order valence-electron chi connectivity index (χ3n) is 4.77. The summed E-state index contributed by atoms with van der Waals surface area (Å²) in [5.74, 6) is 2.30. The van der Waals surface area contributed by atoms with E-state index in [1.165, 1.54) is 0 Å². The molecule has 32 heavy (non-hydrogen) atoms. The van der Waals surface area contributed by atoms with Crippen LogP contribution >= 0.6 is 12.2 Å². The molecule has 0 saturated heterocycles. The van der Waals surface area contributed by atoms with E-state index >= 15 is 0 Å². The molecule has 0 saturated carbocycles. The minimum absolute atomic E-state index is 0.490. The van der Waals surface area contributed by atoms with Crippen molar-refractivity contribution < 1.29 is 9.47 Å². The molecular weight excluding hydrogens is 422 g/mol. The smallest absolute Gasteiger partial charge is 0.171 e. The van der Waals surface area contributed by atoms with Crippen molar-refractivity contribution in [2.24, 2.45) is 0 Å². The Morgan fingerprint density at radius 2 is 1.84 bits per heavy atom. The molecule has 0 fully saturated rings. The predicted octanol–water partition coefficient (Wildman–Crippen LogP) is 4.70. The van der Waals surface area contributed by atoms with Crippen molar-refractivity contribution >= 4 is 34.1 Å². The highest BCUT2D eigenvalue weighted by atomic mass is 32.1. The normalized spacial score (nSPS) is 10.7. The van der Waals surface area contributed by atoms with Gasteiger partial charge in [0.15, 0.2) is 5.11 Å². The molecule has 2 aromatic carbocycles. The van der Waals surface area contributed by atoms with E-state index in [0.29, 0.717) is 24.9 Å². The van der Waals surface area contributed by atoms with Gasteiger partial charge in [0.25, 0.3) is 0 Å². The number of para-hydroxylation sites is 2. The van der Waals surface area contributed by atoms with Crippen molar-refractivity contribution in [1.82, 2.24) is 19.9 Å². The minimum atomic E-state index is 0.490. The highest BCUT2D eigenvalue weighted by Gasteiger charge is 2.09. The van der Waals surface area contributed by atoms with Crippen LogP contribution in [0.15, 0.2) is 67.1 Å². The second-order valence-corrected chi connectivity index (χ2v) is 7.37. The molecule has 2 heterocycles. The first-order chi connectivity index (χ1) is 15.7. The Bertz CT molecular complexity index is 1210. The Labute approximate surface area is 192 Å². The first-order valence-corrected chi connectivity index (χ1v) is 10.9. The van der Waals surface area contributed by atoms with Gasteiger partial charge >= 0.3 is 0 Å². The first kappa shape index (κ1) is 21.6. The zero-order valence-corrected chi connectivity index (χ0v) is 18.9. The molecule has 2 aromatic heterocycles. The Hall–Kier alpha value is -3.65. The van der Waals surface area contributed by atoms with E-state index in [2.05, 4.69) is 20.6 Å². The summed E-state index contributed by atoms with van der Waals surface area (Å²) in [5, 5.41) is 6.91. The van der Waals surface area contributed by atoms with Crippen molar-refractivity contribution in [1.29, 1.82) is 0 Å². The molecule has 0 amide bonds. The van der Waals surface area contributed by atoms with Gasteiger partial charge in [0, 0.05) is 18.8 Å². The highest BCUT2D eigenvalue weighted by molar-refractivity contribution is 7.80. The number of ether oxygens (including phenoxy) is 2. The van der Waals surface area contributed by atoms with Crippen molar-refractivity contribution in [3.63, 3.8) is 0 Å². The maximum absolute atomic E-state index is 5.69. The van der Waals surface area contributed by atoms with Gasteiger partial charge in [0.05, 0.1) is 29.9 Å². The molecule has 0 atom stereocenters. The Morgan fingerprint density at radius 3 is 2.62 bits per heavy atom. The van der Waals surface area contributed by atoms with Crippen LogP contribution in [0.1, 0.15) is 19.4 Å². The summed E-state index contributed by atoms with van der Waals surface area (Å²) in [4.78, 5) is 9.01. The number of pyridine rings is 1. The van der Waals surface area contributed by atoms with Gasteiger partial charge in [0.2, 0.25) is 0 Å². The Morgan fingerprint density at radius 1 is 1.00 bits per heavy atom. The minimum Gasteiger partial charge on any atom is -0.494 e. The number of hydrogen-bond acceptors (Lipinski definition) is 5. The van der Waals surface area contributed by atoms with Crippen LogP contribution < -0.4 is 20.1 Å². The van der Waals surface area contributed by atoms with Crippen LogP contribution in [0.2, 0.25) is 0 Å². The SMILES string of the molecule is CCOc1ccc(OCC)c(NC(=S)NCc2ccc(-n3cnc4ccccc43)nc2)c1. The van der Waals surface area contributed by atoms with Crippen LogP contribution in [-0.2, 0) is 6.54 Å². The van der Waals surface area contributed by atoms with Crippen molar-refractivity contribution in [3.05, 3.63) is 72.7 Å². The van der Waals surface area contributed by atoms with E-state index in [9.17, 15) is 0 Å². The summed E-state index contributed by atoms with van der Waals surface area (Å²) in [6, 6.07) is 17.6. The number of hydrogen-bond donors (Lipinski definition) is 2. The Balaban J connectivity index is 1.40. The van der Waals surface area contributed by atoms with E-state index in [-0.39, 0.29) is 0 Å². The lowest BCUT2D eigenvalue weighted by Crippen LogP contribution is -2.28. The summed E-state index contributed by atoms with van der Waals surface area (Å²) < 4.78 is 13.2. The van der Waals surface area contributed by atoms with Crippen molar-refractivity contribution in [3.8, 4) is 17.3 Å². The van der Waals surface area contributed by atoms with Crippen LogP contribution in [0.25, 0.3) is 16.9 Å². The van der Waals surface area contributed by atoms with Gasteiger partial charge in [-0.1, -0.05) is 18.2 Å². The zero-order chi connectivity index (χ0) is 22.3. The number of fused-ring (bicyclic) bond motifs is 1. The van der Waals surface area contributed by atoms with Crippen LogP contribution in [0.5, 0.6) is 11.5 Å². The number of aromatic nitrogens is 3. The van der Waals surface area contributed by atoms with Crippen LogP contribution in [-0.4, -0.2) is 32.9 Å². The highest BCUT2D eigenvalue weighted by Crippen LogP contribution is 2.29. The molecule has 0 radical (unpaired) electrons. The molecule has 0 unspecified atom stereocenters. The second kappa shape index (κ2) is 10.1. The number of imidazole rings is 1. The molecule has 8 heteroatoms. The zero-order valence-electron chi connectivity index (χ0n) is 18.0. The van der Waals surface area contributed by atoms with Gasteiger partial charge in [0.1, 0.15) is 23.6 Å². The maximum atomic E-state index is 5.69. The van der Waals surface area contributed by atoms with Gasteiger partial charge in [-0.15, -0.1) is 0 Å². The summed E-state index contributed by atoms with van der Waals surface area (Å²) in [6.45, 7) is 5.59. The molecular formula is C24H25N5O2S. The third kappa shape index (κ3) is 4.97. The fraction of sp³-hybridized carbons (Fsp3) is 0.208. The molecule has 0 aliphatic heterocycles. The van der Waals surface area contributed by atoms with Gasteiger partial charge in [-0.2, -0.15) is 0 Å². The average molecular weight is 448 g/mol. The maximum Gasteiger partial charge on any atom is 0.171 e. The van der Waals surface area contributed by atoms with Gasteiger partial charge in [-0.3, -0.25) is 4.57 Å². The summed E-state index contributed by atoms with van der Waals surface area (Å²) >= 11 is 5.48. The lowest BCUT2D eigenvalue weighted by Gasteiger charge is -2.16. The molecule has 7 nitrogen and oxygen atoms in total. The molecule has 4 aromatic rings. The van der Waals surface area contributed by atoms with E-state index in [1.54, 1.807) is 6.33 Å². The number of nitrogens with one attached hydrogen (secondary N) is 2. The van der Waals surface area contributed by atoms with Crippen molar-refractivity contribution in [2.75, 3.05) is 18.5 Å². The predicted molar refractivity (Wildman–Crippen MR) is 131 cm³/mol. The largest absolute Gasteiger partial charge is 0.494 e. The molecule has 0 aliphatic rings. The third-order valence-corrected chi connectivity index (χ3v) is 5.02. The average Bonchev–Trinajstić information content (AvgIpc) is 3.24. The van der Waals surface area contributed by atoms with Crippen LogP contribution in [0.4, 0.5) is 5.69 Å². The number of rotatable bonds is 8. The standard InChI is InChI=1S/C24H25N5O2S/c1-3-30-18-10-11-22(31-4-2)20(13-18)28-24(32)26-15-17-9-12-23(25-14-17)29-16-27-19-7-5-6-8-21(19)29/h5-14,16H,3-4,15H2,1-2H3,(H2,26,28,32). The topological polar surface area (TPSA) is 73.2 Å². The summed E-state index contributed by atoms with van der Waals surface area (Å²) in [6.07, 6.45) is 3.62. The van der Waals surface area contributed by atoms with E-state index in [0.717, 1.165) is 39.6 Å². The second-order valence-electron chi connectivity index (χ2n) is 6.96. The van der Waals surface area contributed by atoms with Gasteiger partial charge in [-0.05, 0) is 62.0 Å².